The highest BCUT2D eigenvalue weighted by atomic mass is 127. The second-order valence-electron chi connectivity index (χ2n) is 7.84. The van der Waals surface area contributed by atoms with Crippen LogP contribution in [-0.4, -0.2) is 32.5 Å². The molecule has 0 aromatic heterocycles. The quantitative estimate of drug-likeness (QED) is 0.566. The fourth-order valence-electron chi connectivity index (χ4n) is 3.01. The average Bonchev–Trinajstić information content (AvgIpc) is 2.11. The maximum Gasteiger partial charge on any atom is 0.0312 e. The van der Waals surface area contributed by atoms with Gasteiger partial charge in [0, 0.05) is 20.5 Å². The molecule has 0 aromatic carbocycles. The van der Waals surface area contributed by atoms with Crippen LogP contribution in [0.15, 0.2) is 0 Å². The minimum absolute atomic E-state index is 0.0973. The van der Waals surface area contributed by atoms with E-state index in [2.05, 4.69) is 89.9 Å². The van der Waals surface area contributed by atoms with Crippen molar-refractivity contribution in [1.29, 1.82) is 0 Å². The van der Waals surface area contributed by atoms with Crippen LogP contribution < -0.4 is 5.73 Å². The predicted molar refractivity (Wildman–Crippen MR) is 91.5 cm³/mol. The first-order chi connectivity index (χ1) is 7.72. The van der Waals surface area contributed by atoms with Crippen LogP contribution in [0.3, 0.4) is 0 Å². The van der Waals surface area contributed by atoms with Gasteiger partial charge in [0.1, 0.15) is 0 Å². The Morgan fingerprint density at radius 1 is 1.06 bits per heavy atom. The molecule has 0 fully saturated rings. The van der Waals surface area contributed by atoms with Crippen LogP contribution >= 0.6 is 22.6 Å². The van der Waals surface area contributed by atoms with E-state index in [4.69, 9.17) is 5.73 Å². The second-order valence-corrected chi connectivity index (χ2v) is 9.18. The van der Waals surface area contributed by atoms with Gasteiger partial charge in [-0.3, -0.25) is 4.90 Å². The van der Waals surface area contributed by atoms with Gasteiger partial charge in [-0.25, -0.2) is 0 Å². The van der Waals surface area contributed by atoms with E-state index in [1.807, 2.05) is 0 Å². The van der Waals surface area contributed by atoms with Crippen molar-refractivity contribution in [3.8, 4) is 0 Å². The summed E-state index contributed by atoms with van der Waals surface area (Å²) in [6, 6.07) is 0. The maximum absolute atomic E-state index is 6.21. The topological polar surface area (TPSA) is 29.3 Å². The Kier molecular flexibility index (Phi) is 6.18. The highest BCUT2D eigenvalue weighted by Gasteiger charge is 2.41. The van der Waals surface area contributed by atoms with Crippen molar-refractivity contribution < 1.29 is 0 Å². The Balaban J connectivity index is 5.07. The van der Waals surface area contributed by atoms with Crippen molar-refractivity contribution in [2.75, 3.05) is 7.05 Å². The molecule has 1 unspecified atom stereocenters. The first kappa shape index (κ1) is 18.7. The minimum Gasteiger partial charge on any atom is -0.325 e. The average molecular weight is 368 g/mol. The molecule has 18 heavy (non-hydrogen) atoms. The Labute approximate surface area is 128 Å². The highest BCUT2D eigenvalue weighted by Crippen LogP contribution is 2.36. The molecule has 0 aromatic rings. The fourth-order valence-corrected chi connectivity index (χ4v) is 3.43. The number of rotatable bonds is 6. The molecule has 0 radical (unpaired) electrons. The largest absolute Gasteiger partial charge is 0.325 e. The van der Waals surface area contributed by atoms with E-state index >= 15 is 0 Å². The lowest BCUT2D eigenvalue weighted by Crippen LogP contribution is -2.60. The molecule has 1 atom stereocenters. The Morgan fingerprint density at radius 2 is 1.44 bits per heavy atom. The molecular formula is C15H33IN2. The van der Waals surface area contributed by atoms with Gasteiger partial charge < -0.3 is 5.73 Å². The molecule has 0 saturated carbocycles. The first-order valence-electron chi connectivity index (χ1n) is 6.89. The van der Waals surface area contributed by atoms with E-state index in [0.29, 0.717) is 9.84 Å². The number of nitrogens with two attached hydrogens (primary N) is 1. The van der Waals surface area contributed by atoms with Gasteiger partial charge in [-0.05, 0) is 60.9 Å². The number of alkyl halides is 1. The lowest BCUT2D eigenvalue weighted by atomic mass is 9.81. The van der Waals surface area contributed by atoms with E-state index < -0.39 is 0 Å². The summed E-state index contributed by atoms with van der Waals surface area (Å²) in [6.07, 6.45) is 0.987. The molecule has 3 heteroatoms. The predicted octanol–water partition coefficient (Wildman–Crippen LogP) is 4.06. The number of halogens is 1. The molecule has 0 heterocycles. The van der Waals surface area contributed by atoms with Gasteiger partial charge in [-0.15, -0.1) is 0 Å². The van der Waals surface area contributed by atoms with Crippen molar-refractivity contribution in [2.45, 2.75) is 82.4 Å². The third-order valence-electron chi connectivity index (χ3n) is 3.92. The van der Waals surface area contributed by atoms with Crippen LogP contribution in [-0.2, 0) is 0 Å². The molecule has 0 aliphatic carbocycles. The van der Waals surface area contributed by atoms with Gasteiger partial charge in [0.15, 0.2) is 0 Å². The lowest BCUT2D eigenvalue weighted by molar-refractivity contribution is 0.0227. The smallest absolute Gasteiger partial charge is 0.0312 e. The zero-order valence-corrected chi connectivity index (χ0v) is 15.9. The third-order valence-corrected chi connectivity index (χ3v) is 6.88. The lowest BCUT2D eigenvalue weighted by Gasteiger charge is -2.51. The van der Waals surface area contributed by atoms with Gasteiger partial charge in [0.05, 0.1) is 0 Å². The van der Waals surface area contributed by atoms with Crippen LogP contribution in [0.25, 0.3) is 0 Å². The molecule has 0 bridgehead atoms. The molecule has 0 amide bonds. The van der Waals surface area contributed by atoms with Gasteiger partial charge in [0.2, 0.25) is 0 Å². The van der Waals surface area contributed by atoms with E-state index in [0.717, 1.165) is 6.42 Å². The number of hydrogen-bond donors (Lipinski definition) is 1. The van der Waals surface area contributed by atoms with Gasteiger partial charge in [-0.1, -0.05) is 36.4 Å². The zero-order valence-electron chi connectivity index (χ0n) is 13.8. The summed E-state index contributed by atoms with van der Waals surface area (Å²) in [5.41, 5.74) is 6.33. The van der Waals surface area contributed by atoms with Gasteiger partial charge in [0.25, 0.3) is 0 Å². The summed E-state index contributed by atoms with van der Waals surface area (Å²) in [5, 5.41) is 0. The highest BCUT2D eigenvalue weighted by molar-refractivity contribution is 14.1. The summed E-state index contributed by atoms with van der Waals surface area (Å²) >= 11 is 2.59. The maximum atomic E-state index is 6.21. The van der Waals surface area contributed by atoms with E-state index in [9.17, 15) is 0 Å². The summed E-state index contributed by atoms with van der Waals surface area (Å²) in [6.45, 7) is 18.1. The van der Waals surface area contributed by atoms with E-state index in [-0.39, 0.29) is 16.6 Å². The number of nitrogens with zero attached hydrogens (tertiary/aromatic N) is 1. The van der Waals surface area contributed by atoms with Crippen LogP contribution in [0, 0.1) is 5.92 Å². The molecule has 0 spiro atoms. The molecule has 0 aliphatic rings. The molecule has 2 N–H and O–H groups in total. The van der Waals surface area contributed by atoms with Crippen LogP contribution in [0.4, 0.5) is 0 Å². The molecule has 2 nitrogen and oxygen atoms in total. The van der Waals surface area contributed by atoms with Crippen molar-refractivity contribution in [1.82, 2.24) is 4.90 Å². The van der Waals surface area contributed by atoms with Crippen LogP contribution in [0.5, 0.6) is 0 Å². The van der Waals surface area contributed by atoms with E-state index in [1.54, 1.807) is 0 Å². The summed E-state index contributed by atoms with van der Waals surface area (Å²) < 4.78 is 0.611. The Hall–Kier alpha value is 0.650. The first-order valence-corrected chi connectivity index (χ1v) is 8.13. The summed E-state index contributed by atoms with van der Waals surface area (Å²) in [7, 11) is 2.24. The van der Waals surface area contributed by atoms with Crippen molar-refractivity contribution in [2.24, 2.45) is 11.7 Å². The standard InChI is InChI=1S/C15H33IN2/c1-11(2)12(16)15(7,8)18(9)14(5,6)10-13(3,4)17/h11-12H,10,17H2,1-9H3. The summed E-state index contributed by atoms with van der Waals surface area (Å²) in [4.78, 5) is 2.51. The number of hydrogen-bond acceptors (Lipinski definition) is 2. The zero-order chi connectivity index (χ0) is 14.9. The van der Waals surface area contributed by atoms with Crippen molar-refractivity contribution in [3.05, 3.63) is 0 Å². The monoisotopic (exact) mass is 368 g/mol. The molecule has 0 rings (SSSR count). The molecule has 110 valence electrons. The fraction of sp³-hybridized carbons (Fsp3) is 1.00. The summed E-state index contributed by atoms with van der Waals surface area (Å²) in [5.74, 6) is 0.671. The van der Waals surface area contributed by atoms with Crippen LogP contribution in [0.2, 0.25) is 0 Å². The second kappa shape index (κ2) is 5.96. The van der Waals surface area contributed by atoms with Gasteiger partial charge in [-0.2, -0.15) is 0 Å². The van der Waals surface area contributed by atoms with E-state index in [1.165, 1.54) is 0 Å². The molecule has 0 aliphatic heterocycles. The van der Waals surface area contributed by atoms with Gasteiger partial charge >= 0.3 is 0 Å². The minimum atomic E-state index is -0.132. The third kappa shape index (κ3) is 4.97. The Bertz CT molecular complexity index is 264. The SMILES string of the molecule is CC(C)C(I)C(C)(C)N(C)C(C)(C)CC(C)(C)N. The van der Waals surface area contributed by atoms with Crippen molar-refractivity contribution in [3.63, 3.8) is 0 Å². The van der Waals surface area contributed by atoms with Crippen LogP contribution in [0.1, 0.15) is 61.8 Å². The normalized spacial score (nSPS) is 16.5. The Morgan fingerprint density at radius 3 is 1.72 bits per heavy atom. The molecular weight excluding hydrogens is 335 g/mol. The molecule has 0 saturated heterocycles. The van der Waals surface area contributed by atoms with Crippen molar-refractivity contribution >= 4 is 22.6 Å².